The SMILES string of the molecule is O=C(O)C(CCCCCCCC1CCCCC1CCCCCCCC(C(=O)O)C(=O)O)C(=O)O. The molecule has 0 saturated heterocycles. The summed E-state index contributed by atoms with van der Waals surface area (Å²) >= 11 is 0. The van der Waals surface area contributed by atoms with E-state index in [0.717, 1.165) is 50.4 Å². The number of hydrogen-bond donors (Lipinski definition) is 4. The van der Waals surface area contributed by atoms with Gasteiger partial charge in [0.05, 0.1) is 0 Å². The molecule has 1 aliphatic rings. The van der Waals surface area contributed by atoms with Gasteiger partial charge in [0.25, 0.3) is 0 Å². The van der Waals surface area contributed by atoms with Gasteiger partial charge in [-0.15, -0.1) is 0 Å². The second-order valence-electron chi connectivity index (χ2n) is 9.95. The van der Waals surface area contributed by atoms with Crippen molar-refractivity contribution in [1.29, 1.82) is 0 Å². The van der Waals surface area contributed by atoms with Gasteiger partial charge in [0.15, 0.2) is 11.8 Å². The molecule has 8 heteroatoms. The van der Waals surface area contributed by atoms with Gasteiger partial charge in [-0.3, -0.25) is 19.2 Å². The van der Waals surface area contributed by atoms with Crippen molar-refractivity contribution in [2.24, 2.45) is 23.7 Å². The monoisotopic (exact) mass is 484 g/mol. The minimum Gasteiger partial charge on any atom is -0.481 e. The maximum absolute atomic E-state index is 10.9. The van der Waals surface area contributed by atoms with Crippen molar-refractivity contribution in [3.05, 3.63) is 0 Å². The summed E-state index contributed by atoms with van der Waals surface area (Å²) in [5.74, 6) is -6.00. The third-order valence-electron chi connectivity index (χ3n) is 7.39. The first-order chi connectivity index (χ1) is 16.2. The van der Waals surface area contributed by atoms with Crippen LogP contribution in [-0.2, 0) is 19.2 Å². The molecule has 0 heterocycles. The van der Waals surface area contributed by atoms with Crippen LogP contribution in [0.5, 0.6) is 0 Å². The van der Waals surface area contributed by atoms with Crippen LogP contribution in [0.3, 0.4) is 0 Å². The predicted octanol–water partition coefficient (Wildman–Crippen LogP) is 5.83. The topological polar surface area (TPSA) is 149 Å². The van der Waals surface area contributed by atoms with E-state index in [-0.39, 0.29) is 12.8 Å². The Morgan fingerprint density at radius 2 is 0.794 bits per heavy atom. The van der Waals surface area contributed by atoms with E-state index in [1.807, 2.05) is 0 Å². The molecule has 0 aromatic heterocycles. The van der Waals surface area contributed by atoms with Gasteiger partial charge < -0.3 is 20.4 Å². The fraction of sp³-hybridized carbons (Fsp3) is 0.846. The third kappa shape index (κ3) is 12.4. The normalized spacial score (nSPS) is 18.3. The van der Waals surface area contributed by atoms with Gasteiger partial charge in [-0.25, -0.2) is 0 Å². The van der Waals surface area contributed by atoms with Crippen LogP contribution in [0.25, 0.3) is 0 Å². The number of rotatable bonds is 20. The van der Waals surface area contributed by atoms with E-state index in [9.17, 15) is 19.2 Å². The molecule has 0 aromatic carbocycles. The summed E-state index contributed by atoms with van der Waals surface area (Å²) in [6.45, 7) is 0. The minimum atomic E-state index is -1.28. The molecule has 1 rings (SSSR count). The smallest absolute Gasteiger partial charge is 0.317 e. The van der Waals surface area contributed by atoms with Gasteiger partial charge in [0.2, 0.25) is 0 Å². The molecule has 0 bridgehead atoms. The fourth-order valence-corrected chi connectivity index (χ4v) is 5.32. The Morgan fingerprint density at radius 3 is 1.12 bits per heavy atom. The molecule has 0 radical (unpaired) electrons. The summed E-state index contributed by atoms with van der Waals surface area (Å²) in [5, 5.41) is 35.6. The molecule has 1 saturated carbocycles. The molecule has 2 atom stereocenters. The van der Waals surface area contributed by atoms with Crippen LogP contribution in [0.4, 0.5) is 0 Å². The van der Waals surface area contributed by atoms with E-state index in [4.69, 9.17) is 20.4 Å². The van der Waals surface area contributed by atoms with E-state index in [1.165, 1.54) is 51.4 Å². The van der Waals surface area contributed by atoms with Crippen LogP contribution in [0.1, 0.15) is 116 Å². The highest BCUT2D eigenvalue weighted by molar-refractivity contribution is 5.93. The molecular formula is C26H44O8. The van der Waals surface area contributed by atoms with Gasteiger partial charge in [0.1, 0.15) is 0 Å². The van der Waals surface area contributed by atoms with E-state index in [1.54, 1.807) is 0 Å². The molecule has 1 fully saturated rings. The van der Waals surface area contributed by atoms with Gasteiger partial charge in [-0.05, 0) is 24.7 Å². The molecule has 0 aromatic rings. The summed E-state index contributed by atoms with van der Waals surface area (Å²) < 4.78 is 0. The lowest BCUT2D eigenvalue weighted by molar-refractivity contribution is -0.156. The molecule has 34 heavy (non-hydrogen) atoms. The number of unbranched alkanes of at least 4 members (excludes halogenated alkanes) is 8. The van der Waals surface area contributed by atoms with E-state index in [2.05, 4.69) is 0 Å². The van der Waals surface area contributed by atoms with Crippen LogP contribution >= 0.6 is 0 Å². The van der Waals surface area contributed by atoms with Crippen molar-refractivity contribution in [3.8, 4) is 0 Å². The summed E-state index contributed by atoms with van der Waals surface area (Å²) in [5.41, 5.74) is 0. The van der Waals surface area contributed by atoms with Gasteiger partial charge in [-0.1, -0.05) is 103 Å². The first-order valence-corrected chi connectivity index (χ1v) is 13.1. The molecule has 8 nitrogen and oxygen atoms in total. The molecule has 1 aliphatic carbocycles. The lowest BCUT2D eigenvalue weighted by Crippen LogP contribution is -2.23. The van der Waals surface area contributed by atoms with Crippen LogP contribution in [0.15, 0.2) is 0 Å². The summed E-state index contributed by atoms with van der Waals surface area (Å²) in [6.07, 6.45) is 17.8. The van der Waals surface area contributed by atoms with Crippen LogP contribution in [0, 0.1) is 23.7 Å². The zero-order valence-corrected chi connectivity index (χ0v) is 20.5. The first kappa shape index (κ1) is 29.9. The average molecular weight is 485 g/mol. The number of aliphatic carboxylic acids is 4. The number of carboxylic acid groups (broad SMARTS) is 4. The molecular weight excluding hydrogens is 440 g/mol. The molecule has 0 spiro atoms. The van der Waals surface area contributed by atoms with Crippen molar-refractivity contribution in [3.63, 3.8) is 0 Å². The second kappa shape index (κ2) is 17.3. The fourth-order valence-electron chi connectivity index (χ4n) is 5.32. The van der Waals surface area contributed by atoms with Crippen molar-refractivity contribution >= 4 is 23.9 Å². The van der Waals surface area contributed by atoms with Crippen LogP contribution in [-0.4, -0.2) is 44.3 Å². The molecule has 4 N–H and O–H groups in total. The van der Waals surface area contributed by atoms with Crippen LogP contribution in [0.2, 0.25) is 0 Å². The average Bonchev–Trinajstić information content (AvgIpc) is 2.77. The van der Waals surface area contributed by atoms with Gasteiger partial charge in [0, 0.05) is 0 Å². The summed E-state index contributed by atoms with van der Waals surface area (Å²) in [6, 6.07) is 0. The van der Waals surface area contributed by atoms with E-state index >= 15 is 0 Å². The Morgan fingerprint density at radius 1 is 0.500 bits per heavy atom. The highest BCUT2D eigenvalue weighted by Crippen LogP contribution is 2.37. The minimum absolute atomic E-state index is 0.203. The van der Waals surface area contributed by atoms with Gasteiger partial charge in [-0.2, -0.15) is 0 Å². The number of carbonyl (C=O) groups is 4. The molecule has 2 unspecified atom stereocenters. The lowest BCUT2D eigenvalue weighted by atomic mass is 9.74. The third-order valence-corrected chi connectivity index (χ3v) is 7.39. The number of carboxylic acids is 4. The van der Waals surface area contributed by atoms with E-state index < -0.39 is 35.7 Å². The molecule has 0 amide bonds. The second-order valence-corrected chi connectivity index (χ2v) is 9.95. The van der Waals surface area contributed by atoms with Crippen molar-refractivity contribution < 1.29 is 39.6 Å². The Labute approximate surface area is 203 Å². The number of hydrogen-bond acceptors (Lipinski definition) is 4. The largest absolute Gasteiger partial charge is 0.481 e. The molecule has 0 aliphatic heterocycles. The highest BCUT2D eigenvalue weighted by atomic mass is 16.4. The first-order valence-electron chi connectivity index (χ1n) is 13.1. The maximum atomic E-state index is 10.9. The Kier molecular flexibility index (Phi) is 15.3. The zero-order chi connectivity index (χ0) is 25.3. The molecule has 196 valence electrons. The zero-order valence-electron chi connectivity index (χ0n) is 20.5. The van der Waals surface area contributed by atoms with Gasteiger partial charge >= 0.3 is 23.9 Å². The van der Waals surface area contributed by atoms with Crippen molar-refractivity contribution in [1.82, 2.24) is 0 Å². The predicted molar refractivity (Wildman–Crippen MR) is 128 cm³/mol. The quantitative estimate of drug-likeness (QED) is 0.125. The summed E-state index contributed by atoms with van der Waals surface area (Å²) in [7, 11) is 0. The Bertz CT molecular complexity index is 550. The Hall–Kier alpha value is -2.12. The van der Waals surface area contributed by atoms with Crippen molar-refractivity contribution in [2.75, 3.05) is 0 Å². The van der Waals surface area contributed by atoms with Crippen molar-refractivity contribution in [2.45, 2.75) is 116 Å². The van der Waals surface area contributed by atoms with Crippen LogP contribution < -0.4 is 0 Å². The highest BCUT2D eigenvalue weighted by Gasteiger charge is 2.26. The summed E-state index contributed by atoms with van der Waals surface area (Å²) in [4.78, 5) is 43.6. The van der Waals surface area contributed by atoms with E-state index in [0.29, 0.717) is 12.8 Å². The maximum Gasteiger partial charge on any atom is 0.317 e. The Balaban J connectivity index is 2.13. The lowest BCUT2D eigenvalue weighted by Gasteiger charge is -2.32. The standard InChI is InChI=1S/C26H44O8/c27-23(28)21(24(29)30)17-9-5-1-3-7-13-19-15-11-12-16-20(19)14-8-4-2-6-10-18-22(25(31)32)26(33)34/h19-22H,1-18H2,(H,27,28)(H,29,30)(H,31,32)(H,33,34).